The molecular formula is C10H18N2O. The third kappa shape index (κ3) is 3.03. The molecular weight excluding hydrogens is 164 g/mol. The van der Waals surface area contributed by atoms with Gasteiger partial charge in [-0.3, -0.25) is 4.98 Å². The van der Waals surface area contributed by atoms with Gasteiger partial charge in [-0.15, -0.1) is 0 Å². The van der Waals surface area contributed by atoms with Gasteiger partial charge in [-0.25, -0.2) is 0 Å². The van der Waals surface area contributed by atoms with Crippen LogP contribution in [0.2, 0.25) is 0 Å². The van der Waals surface area contributed by atoms with Gasteiger partial charge in [0.15, 0.2) is 0 Å². The quantitative estimate of drug-likeness (QED) is 0.734. The Morgan fingerprint density at radius 1 is 1.46 bits per heavy atom. The number of aromatic nitrogens is 1. The highest BCUT2D eigenvalue weighted by molar-refractivity contribution is 5.53. The summed E-state index contributed by atoms with van der Waals surface area (Å²) in [5, 5.41) is 11.9. The van der Waals surface area contributed by atoms with Crippen molar-refractivity contribution in [3.8, 4) is 0 Å². The number of pyridine rings is 1. The van der Waals surface area contributed by atoms with Gasteiger partial charge in [0.2, 0.25) is 0 Å². The Hall–Kier alpha value is -1.09. The van der Waals surface area contributed by atoms with Crippen LogP contribution in [-0.4, -0.2) is 17.1 Å². The first kappa shape index (κ1) is 11.9. The number of nitrogens with zero attached hydrogens (tertiary/aromatic N) is 1. The Kier molecular flexibility index (Phi) is 5.89. The second-order valence-corrected chi connectivity index (χ2v) is 2.36. The minimum Gasteiger partial charge on any atom is -0.390 e. The second kappa shape index (κ2) is 6.43. The van der Waals surface area contributed by atoms with Crippen molar-refractivity contribution in [1.29, 1.82) is 0 Å². The van der Waals surface area contributed by atoms with Crippen LogP contribution in [-0.2, 0) is 6.61 Å². The number of hydrogen-bond donors (Lipinski definition) is 2. The van der Waals surface area contributed by atoms with Crippen LogP contribution in [0.1, 0.15) is 25.1 Å². The zero-order valence-electron chi connectivity index (χ0n) is 8.76. The first-order valence-corrected chi connectivity index (χ1v) is 4.52. The zero-order chi connectivity index (χ0) is 10.3. The summed E-state index contributed by atoms with van der Waals surface area (Å²) in [4.78, 5) is 4.02. The minimum absolute atomic E-state index is 0.0160. The molecule has 0 aliphatic carbocycles. The van der Waals surface area contributed by atoms with Crippen LogP contribution >= 0.6 is 0 Å². The van der Waals surface area contributed by atoms with E-state index in [0.717, 1.165) is 11.3 Å². The molecule has 0 bridgehead atoms. The molecule has 1 rings (SSSR count). The molecule has 0 aliphatic rings. The summed E-state index contributed by atoms with van der Waals surface area (Å²) in [6.45, 7) is 5.96. The van der Waals surface area contributed by atoms with Crippen molar-refractivity contribution in [3.05, 3.63) is 23.5 Å². The average molecular weight is 182 g/mol. The molecule has 2 N–H and O–H groups in total. The van der Waals surface area contributed by atoms with E-state index >= 15 is 0 Å². The summed E-state index contributed by atoms with van der Waals surface area (Å²) in [5.74, 6) is 0. The summed E-state index contributed by atoms with van der Waals surface area (Å²) >= 11 is 0. The number of aliphatic hydroxyl groups excluding tert-OH is 1. The Bertz CT molecular complexity index is 249. The molecule has 13 heavy (non-hydrogen) atoms. The molecule has 0 atom stereocenters. The van der Waals surface area contributed by atoms with Crippen molar-refractivity contribution in [1.82, 2.24) is 4.98 Å². The van der Waals surface area contributed by atoms with Crippen LogP contribution in [0.4, 0.5) is 5.69 Å². The van der Waals surface area contributed by atoms with Crippen LogP contribution < -0.4 is 5.32 Å². The lowest BCUT2D eigenvalue weighted by molar-refractivity contribution is 0.277. The Labute approximate surface area is 79.8 Å². The van der Waals surface area contributed by atoms with Gasteiger partial charge in [0, 0.05) is 13.2 Å². The SMILES string of the molecule is CC.CNc1c(C)ccnc1CO. The highest BCUT2D eigenvalue weighted by Gasteiger charge is 2.02. The highest BCUT2D eigenvalue weighted by Crippen LogP contribution is 2.16. The molecule has 3 nitrogen and oxygen atoms in total. The average Bonchev–Trinajstić information content (AvgIpc) is 2.20. The zero-order valence-corrected chi connectivity index (χ0v) is 8.76. The van der Waals surface area contributed by atoms with E-state index in [-0.39, 0.29) is 6.61 Å². The summed E-state index contributed by atoms with van der Waals surface area (Å²) in [5.41, 5.74) is 2.73. The molecule has 0 aliphatic heterocycles. The molecule has 74 valence electrons. The van der Waals surface area contributed by atoms with Gasteiger partial charge in [0.1, 0.15) is 0 Å². The van der Waals surface area contributed by atoms with Crippen LogP contribution in [0.5, 0.6) is 0 Å². The molecule has 0 fully saturated rings. The third-order valence-corrected chi connectivity index (χ3v) is 1.64. The fourth-order valence-corrected chi connectivity index (χ4v) is 1.08. The number of hydrogen-bond acceptors (Lipinski definition) is 3. The molecule has 0 radical (unpaired) electrons. The van der Waals surface area contributed by atoms with Gasteiger partial charge in [-0.1, -0.05) is 13.8 Å². The van der Waals surface area contributed by atoms with Gasteiger partial charge < -0.3 is 10.4 Å². The van der Waals surface area contributed by atoms with Gasteiger partial charge in [-0.05, 0) is 18.6 Å². The molecule has 1 aromatic heterocycles. The topological polar surface area (TPSA) is 45.2 Å². The normalized spacial score (nSPS) is 8.69. The minimum atomic E-state index is -0.0160. The van der Waals surface area contributed by atoms with Crippen LogP contribution in [0, 0.1) is 6.92 Å². The maximum atomic E-state index is 8.87. The monoisotopic (exact) mass is 182 g/mol. The highest BCUT2D eigenvalue weighted by atomic mass is 16.3. The lowest BCUT2D eigenvalue weighted by Gasteiger charge is -2.07. The van der Waals surface area contributed by atoms with Gasteiger partial charge in [0.25, 0.3) is 0 Å². The summed E-state index contributed by atoms with van der Waals surface area (Å²) in [7, 11) is 1.82. The molecule has 1 aromatic rings. The van der Waals surface area contributed by atoms with Gasteiger partial charge in [0.05, 0.1) is 18.0 Å². The maximum absolute atomic E-state index is 8.87. The molecule has 0 aromatic carbocycles. The van der Waals surface area contributed by atoms with Crippen molar-refractivity contribution in [2.45, 2.75) is 27.4 Å². The fourth-order valence-electron chi connectivity index (χ4n) is 1.08. The first-order chi connectivity index (χ1) is 6.29. The van der Waals surface area contributed by atoms with Crippen LogP contribution in [0.25, 0.3) is 0 Å². The molecule has 0 amide bonds. The number of rotatable bonds is 2. The Morgan fingerprint density at radius 3 is 2.46 bits per heavy atom. The van der Waals surface area contributed by atoms with E-state index < -0.39 is 0 Å². The maximum Gasteiger partial charge on any atom is 0.0891 e. The molecule has 3 heteroatoms. The molecule has 0 saturated heterocycles. The molecule has 0 saturated carbocycles. The summed E-state index contributed by atoms with van der Waals surface area (Å²) in [6.07, 6.45) is 1.70. The molecule has 1 heterocycles. The number of nitrogens with one attached hydrogen (secondary N) is 1. The van der Waals surface area contributed by atoms with E-state index in [2.05, 4.69) is 10.3 Å². The van der Waals surface area contributed by atoms with E-state index in [1.54, 1.807) is 6.20 Å². The first-order valence-electron chi connectivity index (χ1n) is 4.52. The van der Waals surface area contributed by atoms with Crippen LogP contribution in [0.3, 0.4) is 0 Å². The van der Waals surface area contributed by atoms with Crippen molar-refractivity contribution in [2.75, 3.05) is 12.4 Å². The van der Waals surface area contributed by atoms with Crippen LogP contribution in [0.15, 0.2) is 12.3 Å². The van der Waals surface area contributed by atoms with E-state index in [1.165, 1.54) is 0 Å². The lowest BCUT2D eigenvalue weighted by atomic mass is 10.2. The van der Waals surface area contributed by atoms with Crippen molar-refractivity contribution < 1.29 is 5.11 Å². The largest absolute Gasteiger partial charge is 0.390 e. The summed E-state index contributed by atoms with van der Waals surface area (Å²) < 4.78 is 0. The molecule has 0 spiro atoms. The predicted molar refractivity (Wildman–Crippen MR) is 55.8 cm³/mol. The molecule has 0 unspecified atom stereocenters. The fraction of sp³-hybridized carbons (Fsp3) is 0.500. The number of aryl methyl sites for hydroxylation is 1. The number of anilines is 1. The van der Waals surface area contributed by atoms with E-state index in [9.17, 15) is 0 Å². The second-order valence-electron chi connectivity index (χ2n) is 2.36. The van der Waals surface area contributed by atoms with Crippen molar-refractivity contribution in [2.24, 2.45) is 0 Å². The predicted octanol–water partition coefficient (Wildman–Crippen LogP) is 1.95. The standard InChI is InChI=1S/C8H12N2O.C2H6/c1-6-3-4-10-7(5-11)8(6)9-2;1-2/h3-4,9,11H,5H2,1-2H3;1-2H3. The van der Waals surface area contributed by atoms with Crippen molar-refractivity contribution in [3.63, 3.8) is 0 Å². The lowest BCUT2D eigenvalue weighted by Crippen LogP contribution is -2.00. The third-order valence-electron chi connectivity index (χ3n) is 1.64. The van der Waals surface area contributed by atoms with E-state index in [1.807, 2.05) is 33.9 Å². The Morgan fingerprint density at radius 2 is 2.08 bits per heavy atom. The Balaban J connectivity index is 0.000000671. The van der Waals surface area contributed by atoms with Crippen molar-refractivity contribution >= 4 is 5.69 Å². The van der Waals surface area contributed by atoms with E-state index in [0.29, 0.717) is 5.69 Å². The summed E-state index contributed by atoms with van der Waals surface area (Å²) in [6, 6.07) is 1.91. The van der Waals surface area contributed by atoms with E-state index in [4.69, 9.17) is 5.11 Å². The van der Waals surface area contributed by atoms with Gasteiger partial charge >= 0.3 is 0 Å². The number of aliphatic hydroxyl groups is 1. The smallest absolute Gasteiger partial charge is 0.0891 e. The van der Waals surface area contributed by atoms with Gasteiger partial charge in [-0.2, -0.15) is 0 Å².